The molecule has 0 spiro atoms. The minimum Gasteiger partial charge on any atom is -0.383 e. The Kier molecular flexibility index (Phi) is 6.45. The minimum absolute atomic E-state index is 0.0133. The minimum atomic E-state index is 0.0133. The van der Waals surface area contributed by atoms with Gasteiger partial charge in [0.1, 0.15) is 17.5 Å². The van der Waals surface area contributed by atoms with Gasteiger partial charge in [-0.15, -0.1) is 0 Å². The van der Waals surface area contributed by atoms with Crippen molar-refractivity contribution in [3.05, 3.63) is 42.4 Å². The third kappa shape index (κ3) is 4.88. The van der Waals surface area contributed by atoms with Crippen molar-refractivity contribution < 1.29 is 9.53 Å². The van der Waals surface area contributed by atoms with Crippen LogP contribution in [-0.2, 0) is 9.53 Å². The quantitative estimate of drug-likeness (QED) is 0.352. The van der Waals surface area contributed by atoms with Crippen molar-refractivity contribution in [3.63, 3.8) is 0 Å². The van der Waals surface area contributed by atoms with Gasteiger partial charge in [0.15, 0.2) is 5.82 Å². The number of nitrogens with zero attached hydrogens (tertiary/aromatic N) is 5. The molecule has 4 heterocycles. The fourth-order valence-electron chi connectivity index (χ4n) is 4.48. The molecule has 1 saturated heterocycles. The molecule has 10 heteroatoms. The van der Waals surface area contributed by atoms with Crippen molar-refractivity contribution >= 4 is 45.7 Å². The van der Waals surface area contributed by atoms with Gasteiger partial charge in [0.2, 0.25) is 5.91 Å². The van der Waals surface area contributed by atoms with Crippen molar-refractivity contribution in [1.29, 1.82) is 0 Å². The summed E-state index contributed by atoms with van der Waals surface area (Å²) in [6.07, 6.45) is 7.12. The van der Waals surface area contributed by atoms with E-state index in [1.54, 1.807) is 25.6 Å². The smallest absolute Gasteiger partial charge is 0.228 e. The molecule has 2 aliphatic rings. The van der Waals surface area contributed by atoms with Crippen LogP contribution in [0.3, 0.4) is 0 Å². The molecule has 1 amide bonds. The number of pyridine rings is 3. The zero-order chi connectivity index (χ0) is 24.4. The molecule has 182 valence electrons. The second kappa shape index (κ2) is 9.83. The van der Waals surface area contributed by atoms with Gasteiger partial charge in [0.25, 0.3) is 0 Å². The Morgan fingerprint density at radius 1 is 1.17 bits per heavy atom. The number of amidine groups is 1. The Morgan fingerprint density at radius 2 is 2.00 bits per heavy atom. The molecule has 2 fully saturated rings. The van der Waals surface area contributed by atoms with Gasteiger partial charge in [-0.05, 0) is 30.5 Å². The number of aliphatic imine (C=N–C) groups is 1. The molecular formula is C25H30N8O2. The molecule has 35 heavy (non-hydrogen) atoms. The summed E-state index contributed by atoms with van der Waals surface area (Å²) in [5.74, 6) is 2.50. The van der Waals surface area contributed by atoms with Crippen LogP contribution in [0.4, 0.5) is 23.1 Å². The molecule has 3 aromatic rings. The first-order valence-electron chi connectivity index (χ1n) is 12.0. The lowest BCUT2D eigenvalue weighted by Gasteiger charge is -2.28. The molecule has 2 atom stereocenters. The summed E-state index contributed by atoms with van der Waals surface area (Å²) < 4.78 is 5.41. The number of nitrogens with two attached hydrogens (primary N) is 1. The molecular weight excluding hydrogens is 444 g/mol. The van der Waals surface area contributed by atoms with E-state index >= 15 is 0 Å². The van der Waals surface area contributed by atoms with E-state index in [9.17, 15) is 4.79 Å². The van der Waals surface area contributed by atoms with Gasteiger partial charge in [-0.3, -0.25) is 4.79 Å². The highest BCUT2D eigenvalue weighted by Crippen LogP contribution is 2.41. The van der Waals surface area contributed by atoms with Crippen molar-refractivity contribution in [2.24, 2.45) is 22.6 Å². The zero-order valence-electron chi connectivity index (χ0n) is 20.0. The van der Waals surface area contributed by atoms with Gasteiger partial charge in [-0.2, -0.15) is 0 Å². The van der Waals surface area contributed by atoms with E-state index in [0.29, 0.717) is 42.1 Å². The Labute approximate surface area is 204 Å². The molecule has 1 aliphatic heterocycles. The lowest BCUT2D eigenvalue weighted by atomic mass is 10.1. The van der Waals surface area contributed by atoms with E-state index in [4.69, 9.17) is 10.5 Å². The number of hydrogen-bond donors (Lipinski definition) is 3. The zero-order valence-corrected chi connectivity index (χ0v) is 20.0. The monoisotopic (exact) mass is 474 g/mol. The highest BCUT2D eigenvalue weighted by atomic mass is 16.5. The molecule has 0 radical (unpaired) electrons. The molecule has 10 nitrogen and oxygen atoms in total. The number of carbonyl (C=O) groups is 1. The number of aromatic nitrogens is 3. The normalized spacial score (nSPS) is 20.1. The highest BCUT2D eigenvalue weighted by Gasteiger charge is 2.41. The molecule has 1 saturated carbocycles. The summed E-state index contributed by atoms with van der Waals surface area (Å²) in [7, 11) is 1.80. The van der Waals surface area contributed by atoms with Crippen LogP contribution in [0.5, 0.6) is 0 Å². The SMILES string of the molecule is CC[C@H]1C[C@@H]1C(=O)Nc1cc2c(C(N)=Nc3ccc(N4CCOCC4)cn3)cnc(NC)c2cn1. The maximum atomic E-state index is 12.6. The molecule has 3 aromatic heterocycles. The number of anilines is 3. The fourth-order valence-corrected chi connectivity index (χ4v) is 4.48. The third-order valence-corrected chi connectivity index (χ3v) is 6.66. The maximum Gasteiger partial charge on any atom is 0.228 e. The molecule has 0 unspecified atom stereocenters. The average molecular weight is 475 g/mol. The summed E-state index contributed by atoms with van der Waals surface area (Å²) in [5.41, 5.74) is 8.10. The number of ether oxygens (including phenoxy) is 1. The maximum absolute atomic E-state index is 12.6. The van der Waals surface area contributed by atoms with Crippen LogP contribution in [0.15, 0.2) is 41.8 Å². The van der Waals surface area contributed by atoms with Gasteiger partial charge in [0.05, 0.1) is 25.1 Å². The number of morpholine rings is 1. The van der Waals surface area contributed by atoms with Crippen LogP contribution < -0.4 is 21.3 Å². The van der Waals surface area contributed by atoms with Crippen LogP contribution in [-0.4, -0.2) is 60.0 Å². The first kappa shape index (κ1) is 23.0. The van der Waals surface area contributed by atoms with Crippen LogP contribution >= 0.6 is 0 Å². The van der Waals surface area contributed by atoms with Gasteiger partial charge >= 0.3 is 0 Å². The number of fused-ring (bicyclic) bond motifs is 1. The van der Waals surface area contributed by atoms with Crippen LogP contribution in [0.1, 0.15) is 25.3 Å². The number of amides is 1. The molecule has 5 rings (SSSR count). The van der Waals surface area contributed by atoms with Crippen molar-refractivity contribution in [2.45, 2.75) is 19.8 Å². The largest absolute Gasteiger partial charge is 0.383 e. The van der Waals surface area contributed by atoms with E-state index in [-0.39, 0.29) is 17.7 Å². The van der Waals surface area contributed by atoms with Gasteiger partial charge in [0, 0.05) is 54.8 Å². The number of rotatable bonds is 7. The van der Waals surface area contributed by atoms with E-state index in [0.717, 1.165) is 42.4 Å². The Bertz CT molecular complexity index is 1250. The lowest BCUT2D eigenvalue weighted by Crippen LogP contribution is -2.36. The number of carbonyl (C=O) groups excluding carboxylic acids is 1. The molecule has 1 aliphatic carbocycles. The summed E-state index contributed by atoms with van der Waals surface area (Å²) >= 11 is 0. The topological polar surface area (TPSA) is 131 Å². The first-order valence-corrected chi connectivity index (χ1v) is 12.0. The second-order valence-electron chi connectivity index (χ2n) is 8.86. The Morgan fingerprint density at radius 3 is 2.69 bits per heavy atom. The van der Waals surface area contributed by atoms with E-state index in [2.05, 4.69) is 42.4 Å². The average Bonchev–Trinajstić information content (AvgIpc) is 3.69. The summed E-state index contributed by atoms with van der Waals surface area (Å²) in [6.45, 7) is 5.22. The highest BCUT2D eigenvalue weighted by molar-refractivity contribution is 6.12. The first-order chi connectivity index (χ1) is 17.1. The molecule has 0 aromatic carbocycles. The van der Waals surface area contributed by atoms with Gasteiger partial charge < -0.3 is 26.0 Å². The van der Waals surface area contributed by atoms with E-state index < -0.39 is 0 Å². The van der Waals surface area contributed by atoms with Gasteiger partial charge in [-0.25, -0.2) is 19.9 Å². The van der Waals surface area contributed by atoms with Crippen LogP contribution in [0.25, 0.3) is 10.8 Å². The summed E-state index contributed by atoms with van der Waals surface area (Å²) in [4.78, 5) is 32.7. The predicted molar refractivity (Wildman–Crippen MR) is 137 cm³/mol. The predicted octanol–water partition coefficient (Wildman–Crippen LogP) is 2.92. The standard InChI is InChI=1S/C25H30N8O2/c1-3-15-10-17(15)25(34)32-22-11-18-19(13-30-24(27-2)20(18)14-29-22)23(26)31-21-5-4-16(12-28-21)33-6-8-35-9-7-33/h4-5,11-15,17H,3,6-10H2,1-2H3,(H,27,30)(H2,26,28,31)(H,29,32,34)/t15-,17-/m0/s1. The molecule has 0 bridgehead atoms. The van der Waals surface area contributed by atoms with E-state index in [1.165, 1.54) is 0 Å². The van der Waals surface area contributed by atoms with E-state index in [1.807, 2.05) is 18.2 Å². The number of nitrogens with one attached hydrogen (secondary N) is 2. The summed E-state index contributed by atoms with van der Waals surface area (Å²) in [5, 5.41) is 7.62. The number of hydrogen-bond acceptors (Lipinski definition) is 8. The van der Waals surface area contributed by atoms with Gasteiger partial charge in [-0.1, -0.05) is 13.3 Å². The van der Waals surface area contributed by atoms with Crippen LogP contribution in [0, 0.1) is 11.8 Å². The molecule has 4 N–H and O–H groups in total. The summed E-state index contributed by atoms with van der Waals surface area (Å²) in [6, 6.07) is 5.66. The third-order valence-electron chi connectivity index (χ3n) is 6.66. The Hall–Kier alpha value is -3.79. The fraction of sp³-hybridized carbons (Fsp3) is 0.400. The second-order valence-corrected chi connectivity index (χ2v) is 8.86. The lowest BCUT2D eigenvalue weighted by molar-refractivity contribution is -0.117. The van der Waals surface area contributed by atoms with Crippen LogP contribution in [0.2, 0.25) is 0 Å². The Balaban J connectivity index is 1.43. The van der Waals surface area contributed by atoms with Crippen molar-refractivity contribution in [3.8, 4) is 0 Å². The van der Waals surface area contributed by atoms with Crippen molar-refractivity contribution in [2.75, 3.05) is 48.9 Å². The van der Waals surface area contributed by atoms with Crippen molar-refractivity contribution in [1.82, 2.24) is 15.0 Å².